The molecule has 1 atom stereocenters. The Kier molecular flexibility index (Phi) is 6.13. The van der Waals surface area contributed by atoms with Crippen LogP contribution in [0, 0.1) is 0 Å². The summed E-state index contributed by atoms with van der Waals surface area (Å²) in [7, 11) is 0. The molecule has 0 aromatic heterocycles. The van der Waals surface area contributed by atoms with Crippen molar-refractivity contribution in [3.63, 3.8) is 0 Å². The van der Waals surface area contributed by atoms with E-state index in [0.29, 0.717) is 12.2 Å². The number of benzene rings is 1. The zero-order valence-corrected chi connectivity index (χ0v) is 12.2. The van der Waals surface area contributed by atoms with Gasteiger partial charge in [0.1, 0.15) is 5.75 Å². The average molecular weight is 340 g/mol. The molecule has 1 unspecified atom stereocenters. The predicted octanol–water partition coefficient (Wildman–Crippen LogP) is 4.06. The van der Waals surface area contributed by atoms with Crippen molar-refractivity contribution in [3.8, 4) is 5.75 Å². The quantitative estimate of drug-likeness (QED) is 0.793. The van der Waals surface area contributed by atoms with Crippen LogP contribution in [-0.2, 0) is 6.42 Å². The van der Waals surface area contributed by atoms with Crippen LogP contribution < -0.4 is 10.5 Å². The van der Waals surface area contributed by atoms with Crippen molar-refractivity contribution in [2.24, 2.45) is 5.73 Å². The Morgan fingerprint density at radius 1 is 1.37 bits per heavy atom. The van der Waals surface area contributed by atoms with Crippen molar-refractivity contribution >= 4 is 15.9 Å². The van der Waals surface area contributed by atoms with E-state index in [-0.39, 0.29) is 19.1 Å². The summed E-state index contributed by atoms with van der Waals surface area (Å²) in [5.41, 5.74) is 6.64. The second kappa shape index (κ2) is 7.14. The molecule has 0 spiro atoms. The number of rotatable bonds is 6. The standard InChI is InChI=1S/C13H17BrF3NO/c1-9(18)7-10-8-11(14)3-4-12(10)19-6-2-5-13(15,16)17/h3-4,8-9H,2,5-7,18H2,1H3. The summed E-state index contributed by atoms with van der Waals surface area (Å²) >= 11 is 3.35. The predicted molar refractivity (Wildman–Crippen MR) is 72.3 cm³/mol. The highest BCUT2D eigenvalue weighted by Gasteiger charge is 2.26. The third kappa shape index (κ3) is 6.82. The first-order chi connectivity index (χ1) is 8.78. The lowest BCUT2D eigenvalue weighted by molar-refractivity contribution is -0.136. The highest BCUT2D eigenvalue weighted by atomic mass is 79.9. The molecule has 2 N–H and O–H groups in total. The van der Waals surface area contributed by atoms with E-state index in [1.165, 1.54) is 0 Å². The van der Waals surface area contributed by atoms with Crippen molar-refractivity contribution in [1.29, 1.82) is 0 Å². The van der Waals surface area contributed by atoms with E-state index in [2.05, 4.69) is 15.9 Å². The topological polar surface area (TPSA) is 35.2 Å². The van der Waals surface area contributed by atoms with Gasteiger partial charge >= 0.3 is 6.18 Å². The maximum Gasteiger partial charge on any atom is 0.389 e. The molecule has 0 saturated carbocycles. The summed E-state index contributed by atoms with van der Waals surface area (Å²) in [5, 5.41) is 0. The summed E-state index contributed by atoms with van der Waals surface area (Å²) in [5.74, 6) is 0.600. The molecule has 6 heteroatoms. The first kappa shape index (κ1) is 16.3. The van der Waals surface area contributed by atoms with Crippen molar-refractivity contribution in [1.82, 2.24) is 0 Å². The third-order valence-electron chi connectivity index (χ3n) is 2.43. The van der Waals surface area contributed by atoms with Gasteiger partial charge in [0.2, 0.25) is 0 Å². The summed E-state index contributed by atoms with van der Waals surface area (Å²) in [4.78, 5) is 0. The maximum atomic E-state index is 12.0. The van der Waals surface area contributed by atoms with Crippen molar-refractivity contribution < 1.29 is 17.9 Å². The average Bonchev–Trinajstić information content (AvgIpc) is 2.24. The first-order valence-electron chi connectivity index (χ1n) is 6.01. The number of hydrogen-bond donors (Lipinski definition) is 1. The molecule has 1 aromatic carbocycles. The van der Waals surface area contributed by atoms with E-state index in [9.17, 15) is 13.2 Å². The molecular formula is C13H17BrF3NO. The highest BCUT2D eigenvalue weighted by Crippen LogP contribution is 2.26. The zero-order valence-electron chi connectivity index (χ0n) is 10.6. The molecule has 108 valence electrons. The fraction of sp³-hybridized carbons (Fsp3) is 0.538. The lowest BCUT2D eigenvalue weighted by Crippen LogP contribution is -2.18. The monoisotopic (exact) mass is 339 g/mol. The molecule has 0 amide bonds. The largest absolute Gasteiger partial charge is 0.493 e. The number of hydrogen-bond acceptors (Lipinski definition) is 2. The van der Waals surface area contributed by atoms with Crippen molar-refractivity contribution in [2.75, 3.05) is 6.61 Å². The molecule has 0 fully saturated rings. The molecule has 0 radical (unpaired) electrons. The van der Waals surface area contributed by atoms with Gasteiger partial charge in [-0.1, -0.05) is 15.9 Å². The molecule has 0 aliphatic heterocycles. The Morgan fingerprint density at radius 2 is 2.05 bits per heavy atom. The van der Waals surface area contributed by atoms with Crippen LogP contribution >= 0.6 is 15.9 Å². The van der Waals surface area contributed by atoms with Crippen molar-refractivity contribution in [2.45, 2.75) is 38.4 Å². The molecule has 1 rings (SSSR count). The Labute approximate surface area is 119 Å². The zero-order chi connectivity index (χ0) is 14.5. The van der Waals surface area contributed by atoms with E-state index in [0.717, 1.165) is 10.0 Å². The van der Waals surface area contributed by atoms with Gasteiger partial charge < -0.3 is 10.5 Å². The minimum Gasteiger partial charge on any atom is -0.493 e. The van der Waals surface area contributed by atoms with Crippen LogP contribution in [0.15, 0.2) is 22.7 Å². The normalized spacial score (nSPS) is 13.4. The Morgan fingerprint density at radius 3 is 2.63 bits per heavy atom. The fourth-order valence-corrected chi connectivity index (χ4v) is 2.06. The lowest BCUT2D eigenvalue weighted by atomic mass is 10.1. The smallest absolute Gasteiger partial charge is 0.389 e. The Bertz CT molecular complexity index is 407. The number of alkyl halides is 3. The second-order valence-electron chi connectivity index (χ2n) is 4.50. The molecule has 0 aliphatic rings. The molecule has 0 bridgehead atoms. The number of nitrogens with two attached hydrogens (primary N) is 1. The second-order valence-corrected chi connectivity index (χ2v) is 5.42. The van der Waals surface area contributed by atoms with E-state index in [1.54, 1.807) is 12.1 Å². The minimum atomic E-state index is -4.13. The van der Waals surface area contributed by atoms with E-state index >= 15 is 0 Å². The minimum absolute atomic E-state index is 0.0353. The van der Waals surface area contributed by atoms with E-state index in [1.807, 2.05) is 13.0 Å². The van der Waals surface area contributed by atoms with Gasteiger partial charge in [-0.2, -0.15) is 13.2 Å². The molecule has 0 heterocycles. The molecule has 0 saturated heterocycles. The lowest BCUT2D eigenvalue weighted by Gasteiger charge is -2.14. The summed E-state index contributed by atoms with van der Waals surface area (Å²) in [6, 6.07) is 5.38. The van der Waals surface area contributed by atoms with Gasteiger partial charge in [-0.05, 0) is 43.5 Å². The SMILES string of the molecule is CC(N)Cc1cc(Br)ccc1OCCCC(F)(F)F. The van der Waals surface area contributed by atoms with Gasteiger partial charge in [-0.15, -0.1) is 0 Å². The Hall–Kier alpha value is -0.750. The van der Waals surface area contributed by atoms with Crippen LogP contribution in [0.5, 0.6) is 5.75 Å². The van der Waals surface area contributed by atoms with Gasteiger partial charge in [-0.3, -0.25) is 0 Å². The fourth-order valence-electron chi connectivity index (χ4n) is 1.65. The van der Waals surface area contributed by atoms with Crippen LogP contribution in [0.1, 0.15) is 25.3 Å². The highest BCUT2D eigenvalue weighted by molar-refractivity contribution is 9.10. The van der Waals surface area contributed by atoms with Crippen molar-refractivity contribution in [3.05, 3.63) is 28.2 Å². The summed E-state index contributed by atoms with van der Waals surface area (Å²) in [6.45, 7) is 1.92. The van der Waals surface area contributed by atoms with Crippen LogP contribution in [0.3, 0.4) is 0 Å². The molecule has 0 aliphatic carbocycles. The number of halogens is 4. The van der Waals surface area contributed by atoms with Gasteiger partial charge in [0, 0.05) is 16.9 Å². The maximum absolute atomic E-state index is 12.0. The molecule has 19 heavy (non-hydrogen) atoms. The Balaban J connectivity index is 2.57. The number of ether oxygens (including phenoxy) is 1. The molecule has 1 aromatic rings. The first-order valence-corrected chi connectivity index (χ1v) is 6.81. The van der Waals surface area contributed by atoms with Gasteiger partial charge in [0.05, 0.1) is 6.61 Å². The molecular weight excluding hydrogens is 323 g/mol. The summed E-state index contributed by atoms with van der Waals surface area (Å²) in [6.07, 6.45) is -4.38. The van der Waals surface area contributed by atoms with Crippen LogP contribution in [0.4, 0.5) is 13.2 Å². The van der Waals surface area contributed by atoms with Gasteiger partial charge in [-0.25, -0.2) is 0 Å². The summed E-state index contributed by atoms with van der Waals surface area (Å²) < 4.78 is 42.3. The van der Waals surface area contributed by atoms with Crippen LogP contribution in [0.2, 0.25) is 0 Å². The van der Waals surface area contributed by atoms with Gasteiger partial charge in [0.25, 0.3) is 0 Å². The van der Waals surface area contributed by atoms with Gasteiger partial charge in [0.15, 0.2) is 0 Å². The van der Waals surface area contributed by atoms with E-state index < -0.39 is 12.6 Å². The van der Waals surface area contributed by atoms with Crippen LogP contribution in [-0.4, -0.2) is 18.8 Å². The van der Waals surface area contributed by atoms with Crippen LogP contribution in [0.25, 0.3) is 0 Å². The third-order valence-corrected chi connectivity index (χ3v) is 2.92. The van der Waals surface area contributed by atoms with E-state index in [4.69, 9.17) is 10.5 Å². The molecule has 2 nitrogen and oxygen atoms in total.